The fraction of sp³-hybridized carbons (Fsp3) is 1.00. The van der Waals surface area contributed by atoms with Crippen LogP contribution in [0.4, 0.5) is 0 Å². The summed E-state index contributed by atoms with van der Waals surface area (Å²) in [5.74, 6) is 1.12. The zero-order chi connectivity index (χ0) is 7.66. The van der Waals surface area contributed by atoms with Crippen LogP contribution in [-0.2, 0) is 0 Å². The molecule has 3 nitrogen and oxygen atoms in total. The summed E-state index contributed by atoms with van der Waals surface area (Å²) in [6, 6.07) is 0. The molecule has 0 spiro atoms. The second-order valence-electron chi connectivity index (χ2n) is 1.87. The minimum atomic E-state index is 0.723. The van der Waals surface area contributed by atoms with Gasteiger partial charge in [0.05, 0.1) is 0 Å². The Morgan fingerprint density at radius 1 is 1.30 bits per heavy atom. The number of nitrogens with one attached hydrogen (secondary N) is 2. The lowest BCUT2D eigenvalue weighted by Gasteiger charge is -2.02. The Balaban J connectivity index is 2.65. The van der Waals surface area contributed by atoms with Crippen molar-refractivity contribution >= 4 is 11.9 Å². The quantitative estimate of drug-likeness (QED) is 0.359. The third kappa shape index (κ3) is 8.23. The fourth-order valence-electron chi connectivity index (χ4n) is 0.541. The first-order valence-corrected chi connectivity index (χ1v) is 4.65. The highest BCUT2D eigenvalue weighted by atomic mass is 32.2. The van der Waals surface area contributed by atoms with Crippen LogP contribution in [0.3, 0.4) is 0 Å². The van der Waals surface area contributed by atoms with E-state index in [9.17, 15) is 0 Å². The molecule has 0 rings (SSSR count). The molecule has 0 saturated heterocycles. The lowest BCUT2D eigenvalue weighted by Crippen LogP contribution is -2.28. The molecule has 0 heterocycles. The molecule has 0 aromatic rings. The molecule has 4 N–H and O–H groups in total. The normalized spacial score (nSPS) is 10.2. The predicted molar refractivity (Wildman–Crippen MR) is 48.1 cm³/mol. The largest absolute Gasteiger partial charge is 0.329 e. The van der Waals surface area contributed by atoms with Gasteiger partial charge in [0, 0.05) is 31.9 Å². The van der Waals surface area contributed by atoms with Crippen molar-refractivity contribution in [2.75, 3.05) is 31.9 Å². The van der Waals surface area contributed by atoms with E-state index in [1.165, 1.54) is 0 Å². The first-order valence-electron chi connectivity index (χ1n) is 3.67. The summed E-state index contributed by atoms with van der Waals surface area (Å²) < 4.78 is 3.21. The van der Waals surface area contributed by atoms with Crippen LogP contribution in [0.5, 0.6) is 0 Å². The first-order chi connectivity index (χ1) is 4.91. The molecule has 0 aliphatic heterocycles. The van der Waals surface area contributed by atoms with Crippen LogP contribution in [0.1, 0.15) is 6.92 Å². The molecule has 0 saturated carbocycles. The van der Waals surface area contributed by atoms with Gasteiger partial charge in [0.1, 0.15) is 0 Å². The standard InChI is InChI=1S/C6H17N3S/c1-2-10-9-6-5-8-4-3-7/h8-9H,2-7H2,1H3. The second-order valence-corrected chi connectivity index (χ2v) is 3.02. The minimum absolute atomic E-state index is 0.723. The van der Waals surface area contributed by atoms with Crippen molar-refractivity contribution in [1.29, 1.82) is 0 Å². The van der Waals surface area contributed by atoms with E-state index < -0.39 is 0 Å². The summed E-state index contributed by atoms with van der Waals surface area (Å²) in [7, 11) is 0. The Hall–Kier alpha value is 0.230. The predicted octanol–water partition coefficient (Wildman–Crippen LogP) is -0.208. The summed E-state index contributed by atoms with van der Waals surface area (Å²) in [6.07, 6.45) is 0. The summed E-state index contributed by atoms with van der Waals surface area (Å²) in [5, 5.41) is 3.19. The summed E-state index contributed by atoms with van der Waals surface area (Å²) in [6.45, 7) is 5.78. The molecule has 0 aliphatic rings. The summed E-state index contributed by atoms with van der Waals surface area (Å²) >= 11 is 1.74. The fourth-order valence-corrected chi connectivity index (χ4v) is 0.991. The highest BCUT2D eigenvalue weighted by molar-refractivity contribution is 7.97. The molecule has 0 amide bonds. The van der Waals surface area contributed by atoms with Crippen molar-refractivity contribution in [2.45, 2.75) is 6.92 Å². The Morgan fingerprint density at radius 3 is 2.70 bits per heavy atom. The molecular formula is C6H17N3S. The zero-order valence-corrected chi connectivity index (χ0v) is 7.34. The van der Waals surface area contributed by atoms with E-state index in [1.807, 2.05) is 0 Å². The van der Waals surface area contributed by atoms with Gasteiger partial charge < -0.3 is 11.1 Å². The summed E-state index contributed by atoms with van der Waals surface area (Å²) in [5.41, 5.74) is 5.28. The molecule has 0 atom stereocenters. The van der Waals surface area contributed by atoms with E-state index in [1.54, 1.807) is 11.9 Å². The van der Waals surface area contributed by atoms with Crippen LogP contribution >= 0.6 is 11.9 Å². The van der Waals surface area contributed by atoms with Gasteiger partial charge in [-0.15, -0.1) is 0 Å². The monoisotopic (exact) mass is 163 g/mol. The second kappa shape index (κ2) is 9.23. The third-order valence-corrected chi connectivity index (χ3v) is 1.67. The van der Waals surface area contributed by atoms with Crippen LogP contribution in [0.15, 0.2) is 0 Å². The molecule has 4 heteroatoms. The Labute approximate surface area is 67.3 Å². The smallest absolute Gasteiger partial charge is 0.0184 e. The molecule has 0 aromatic heterocycles. The van der Waals surface area contributed by atoms with E-state index in [4.69, 9.17) is 5.73 Å². The lowest BCUT2D eigenvalue weighted by atomic mass is 10.6. The van der Waals surface area contributed by atoms with E-state index in [-0.39, 0.29) is 0 Å². The van der Waals surface area contributed by atoms with Crippen LogP contribution in [0.25, 0.3) is 0 Å². The van der Waals surface area contributed by atoms with Crippen LogP contribution in [0.2, 0.25) is 0 Å². The van der Waals surface area contributed by atoms with Crippen molar-refractivity contribution < 1.29 is 0 Å². The molecule has 0 radical (unpaired) electrons. The topological polar surface area (TPSA) is 50.1 Å². The molecule has 0 aromatic carbocycles. The molecule has 0 bridgehead atoms. The highest BCUT2D eigenvalue weighted by Crippen LogP contribution is 1.86. The van der Waals surface area contributed by atoms with Crippen molar-refractivity contribution in [3.8, 4) is 0 Å². The lowest BCUT2D eigenvalue weighted by molar-refractivity contribution is 0.684. The average molecular weight is 163 g/mol. The number of hydrogen-bond acceptors (Lipinski definition) is 4. The van der Waals surface area contributed by atoms with Gasteiger partial charge in [0.2, 0.25) is 0 Å². The molecule has 0 fully saturated rings. The molecule has 0 aliphatic carbocycles. The zero-order valence-electron chi connectivity index (χ0n) is 6.52. The maximum absolute atomic E-state index is 5.28. The molecule has 10 heavy (non-hydrogen) atoms. The number of rotatable bonds is 7. The van der Waals surface area contributed by atoms with Gasteiger partial charge in [-0.05, 0) is 0 Å². The number of hydrogen-bond donors (Lipinski definition) is 3. The van der Waals surface area contributed by atoms with E-state index in [0.29, 0.717) is 0 Å². The first kappa shape index (κ1) is 10.2. The van der Waals surface area contributed by atoms with Gasteiger partial charge in [-0.3, -0.25) is 4.72 Å². The third-order valence-electron chi connectivity index (χ3n) is 0.971. The Bertz CT molecular complexity index is 53.0. The van der Waals surface area contributed by atoms with Crippen molar-refractivity contribution in [3.63, 3.8) is 0 Å². The minimum Gasteiger partial charge on any atom is -0.329 e. The van der Waals surface area contributed by atoms with Gasteiger partial charge in [0.25, 0.3) is 0 Å². The van der Waals surface area contributed by atoms with Crippen LogP contribution < -0.4 is 15.8 Å². The highest BCUT2D eigenvalue weighted by Gasteiger charge is 1.84. The van der Waals surface area contributed by atoms with Gasteiger partial charge >= 0.3 is 0 Å². The average Bonchev–Trinajstić information content (AvgIpc) is 1.97. The van der Waals surface area contributed by atoms with Crippen LogP contribution in [0, 0.1) is 0 Å². The van der Waals surface area contributed by atoms with Gasteiger partial charge in [-0.2, -0.15) is 0 Å². The van der Waals surface area contributed by atoms with E-state index in [0.717, 1.165) is 31.9 Å². The number of nitrogens with two attached hydrogens (primary N) is 1. The maximum Gasteiger partial charge on any atom is 0.0184 e. The van der Waals surface area contributed by atoms with Crippen molar-refractivity contribution in [2.24, 2.45) is 5.73 Å². The molecular weight excluding hydrogens is 146 g/mol. The van der Waals surface area contributed by atoms with E-state index in [2.05, 4.69) is 17.0 Å². The Morgan fingerprint density at radius 2 is 2.10 bits per heavy atom. The van der Waals surface area contributed by atoms with E-state index >= 15 is 0 Å². The van der Waals surface area contributed by atoms with Gasteiger partial charge in [-0.1, -0.05) is 18.9 Å². The maximum atomic E-state index is 5.28. The molecule has 62 valence electrons. The van der Waals surface area contributed by atoms with Crippen molar-refractivity contribution in [3.05, 3.63) is 0 Å². The van der Waals surface area contributed by atoms with Gasteiger partial charge in [0.15, 0.2) is 0 Å². The molecule has 0 unspecified atom stereocenters. The SMILES string of the molecule is CCSNCCNCCN. The van der Waals surface area contributed by atoms with Crippen LogP contribution in [-0.4, -0.2) is 31.9 Å². The summed E-state index contributed by atoms with van der Waals surface area (Å²) in [4.78, 5) is 0. The Kier molecular flexibility index (Phi) is 9.44. The van der Waals surface area contributed by atoms with Gasteiger partial charge in [-0.25, -0.2) is 0 Å². The van der Waals surface area contributed by atoms with Crippen molar-refractivity contribution in [1.82, 2.24) is 10.0 Å².